The van der Waals surface area contributed by atoms with Crippen LogP contribution in [-0.2, 0) is 0 Å². The van der Waals surface area contributed by atoms with Crippen LogP contribution < -0.4 is 10.6 Å². The van der Waals surface area contributed by atoms with E-state index in [0.717, 1.165) is 0 Å². The summed E-state index contributed by atoms with van der Waals surface area (Å²) < 4.78 is 0. The lowest BCUT2D eigenvalue weighted by Crippen LogP contribution is -2.14. The Morgan fingerprint density at radius 2 is 0.964 bits per heavy atom. The van der Waals surface area contributed by atoms with Gasteiger partial charge in [-0.05, 0) is 77.5 Å². The van der Waals surface area contributed by atoms with Crippen molar-refractivity contribution in [1.82, 2.24) is 0 Å². The van der Waals surface area contributed by atoms with Crippen LogP contribution in [0, 0.1) is 0 Å². The van der Waals surface area contributed by atoms with Crippen LogP contribution in [-0.4, -0.2) is 22.0 Å². The second-order valence-electron chi connectivity index (χ2n) is 11.9. The van der Waals surface area contributed by atoms with Crippen LogP contribution in [0.5, 0.6) is 11.5 Å². The first-order valence-corrected chi connectivity index (χ1v) is 18.0. The van der Waals surface area contributed by atoms with Crippen molar-refractivity contribution in [1.29, 1.82) is 0 Å². The van der Waals surface area contributed by atoms with E-state index in [1.165, 1.54) is 42.5 Å². The number of phenolic OH excluding ortho intramolecular Hbond substituents is 2. The fourth-order valence-corrected chi connectivity index (χ4v) is 6.72. The Kier molecular flexibility index (Phi) is 10.9. The zero-order valence-electron chi connectivity index (χ0n) is 27.9. The number of phenols is 2. The van der Waals surface area contributed by atoms with Crippen molar-refractivity contribution in [2.24, 2.45) is 20.5 Å². The molecule has 0 unspecified atom stereocenters. The van der Waals surface area contributed by atoms with Gasteiger partial charge in [0.25, 0.3) is 11.8 Å². The Morgan fingerprint density at radius 1 is 0.491 bits per heavy atom. The highest BCUT2D eigenvalue weighted by molar-refractivity contribution is 6.37. The highest BCUT2D eigenvalue weighted by atomic mass is 35.5. The summed E-state index contributed by atoms with van der Waals surface area (Å²) in [5, 5.41) is 48.6. The molecule has 7 aromatic rings. The van der Waals surface area contributed by atoms with Crippen molar-refractivity contribution >= 4 is 125 Å². The highest BCUT2D eigenvalue weighted by Crippen LogP contribution is 2.42. The molecule has 7 aromatic carbocycles. The molecule has 272 valence electrons. The number of aromatic hydroxyl groups is 2. The molecule has 15 heteroatoms. The fourth-order valence-electron chi connectivity index (χ4n) is 5.60. The van der Waals surface area contributed by atoms with Crippen molar-refractivity contribution in [2.75, 3.05) is 10.6 Å². The maximum atomic E-state index is 13.6. The molecule has 0 heterocycles. The van der Waals surface area contributed by atoms with Crippen molar-refractivity contribution < 1.29 is 19.8 Å². The minimum atomic E-state index is -0.689. The predicted octanol–water partition coefficient (Wildman–Crippen LogP) is 14.0. The number of anilines is 2. The molecule has 0 atom stereocenters. The van der Waals surface area contributed by atoms with Gasteiger partial charge >= 0.3 is 0 Å². The second kappa shape index (κ2) is 15.9. The number of nitrogens with zero attached hydrogens (tertiary/aromatic N) is 4. The maximum Gasteiger partial charge on any atom is 0.259 e. The Hall–Kier alpha value is -5.75. The first kappa shape index (κ1) is 37.6. The van der Waals surface area contributed by atoms with Crippen LogP contribution >= 0.6 is 58.0 Å². The average Bonchev–Trinajstić information content (AvgIpc) is 3.16. The zero-order chi connectivity index (χ0) is 38.8. The summed E-state index contributed by atoms with van der Waals surface area (Å²) in [7, 11) is 0. The Balaban J connectivity index is 1.14. The van der Waals surface area contributed by atoms with E-state index < -0.39 is 23.3 Å². The molecule has 0 radical (unpaired) electrons. The number of fused-ring (bicyclic) bond motifs is 2. The molecule has 0 aliphatic carbocycles. The van der Waals surface area contributed by atoms with E-state index in [1.54, 1.807) is 72.8 Å². The smallest absolute Gasteiger partial charge is 0.259 e. The van der Waals surface area contributed by atoms with Gasteiger partial charge in [0.2, 0.25) is 0 Å². The van der Waals surface area contributed by atoms with Gasteiger partial charge in [-0.15, -0.1) is 20.5 Å². The second-order valence-corrected chi connectivity index (χ2v) is 14.0. The van der Waals surface area contributed by atoms with Crippen molar-refractivity contribution in [2.45, 2.75) is 0 Å². The van der Waals surface area contributed by atoms with Crippen LogP contribution in [0.2, 0.25) is 25.1 Å². The third-order valence-corrected chi connectivity index (χ3v) is 9.68. The molecular weight excluding hydrogens is 806 g/mol. The number of halogens is 5. The van der Waals surface area contributed by atoms with Gasteiger partial charge in [-0.2, -0.15) is 0 Å². The zero-order valence-corrected chi connectivity index (χ0v) is 31.6. The summed E-state index contributed by atoms with van der Waals surface area (Å²) in [4.78, 5) is 27.1. The monoisotopic (exact) mass is 826 g/mol. The van der Waals surface area contributed by atoms with E-state index >= 15 is 0 Å². The van der Waals surface area contributed by atoms with Gasteiger partial charge in [-0.3, -0.25) is 9.59 Å². The average molecular weight is 829 g/mol. The lowest BCUT2D eigenvalue weighted by molar-refractivity contribution is 0.101. The van der Waals surface area contributed by atoms with E-state index in [1.807, 2.05) is 0 Å². The van der Waals surface area contributed by atoms with Gasteiger partial charge in [-0.1, -0.05) is 107 Å². The third-order valence-electron chi connectivity index (χ3n) is 8.29. The van der Waals surface area contributed by atoms with Crippen molar-refractivity contribution in [3.8, 4) is 11.5 Å². The molecule has 0 saturated heterocycles. The van der Waals surface area contributed by atoms with E-state index in [2.05, 4.69) is 31.1 Å². The predicted molar refractivity (Wildman–Crippen MR) is 220 cm³/mol. The quantitative estimate of drug-likeness (QED) is 0.113. The molecule has 0 bridgehead atoms. The first-order valence-electron chi connectivity index (χ1n) is 16.1. The molecule has 0 spiro atoms. The van der Waals surface area contributed by atoms with Crippen LogP contribution in [0.25, 0.3) is 21.5 Å². The van der Waals surface area contributed by atoms with Crippen molar-refractivity contribution in [3.05, 3.63) is 152 Å². The first-order chi connectivity index (χ1) is 26.5. The summed E-state index contributed by atoms with van der Waals surface area (Å²) >= 11 is 31.1. The lowest BCUT2D eigenvalue weighted by atomic mass is 10.0. The number of benzene rings is 7. The molecule has 2 amide bonds. The molecule has 4 N–H and O–H groups in total. The van der Waals surface area contributed by atoms with E-state index in [-0.39, 0.29) is 48.9 Å². The van der Waals surface area contributed by atoms with Gasteiger partial charge in [0.05, 0.1) is 31.9 Å². The number of amides is 2. The van der Waals surface area contributed by atoms with Gasteiger partial charge in [0, 0.05) is 26.5 Å². The third kappa shape index (κ3) is 8.05. The van der Waals surface area contributed by atoms with Gasteiger partial charge < -0.3 is 20.8 Å². The molecule has 0 aliphatic heterocycles. The van der Waals surface area contributed by atoms with Crippen LogP contribution in [0.15, 0.2) is 136 Å². The molecule has 55 heavy (non-hydrogen) atoms. The van der Waals surface area contributed by atoms with Gasteiger partial charge in [-0.25, -0.2) is 0 Å². The SMILES string of the molecule is O=C(Nc1ccc(NC(=O)c2cc3ccccc3c(N=Nc3ccc(Cl)cc3Cl)c2O)c(Cl)c1)c1cc2ccccc2c(N=Nc2ccc(Cl)cc2Cl)c1O. The molecule has 0 aromatic heterocycles. The number of carbonyl (C=O) groups excluding carboxylic acids is 2. The fraction of sp³-hybridized carbons (Fsp3) is 0. The molecule has 7 rings (SSSR count). The molecule has 10 nitrogen and oxygen atoms in total. The van der Waals surface area contributed by atoms with Crippen LogP contribution in [0.3, 0.4) is 0 Å². The minimum Gasteiger partial charge on any atom is -0.505 e. The molecule has 0 aliphatic rings. The number of carbonyl (C=O) groups is 2. The standard InChI is InChI=1S/C40H23Cl5N6O4/c41-22-9-12-33(29(43)17-22)48-50-35-25-7-3-1-5-20(25)15-27(37(35)52)39(54)46-24-11-14-32(31(45)19-24)47-40(55)28-16-21-6-2-4-8-26(21)36(38(28)53)51-49-34-13-10-23(42)18-30(34)44/h1-19,52-53H,(H,46,54)(H,47,55). The summed E-state index contributed by atoms with van der Waals surface area (Å²) in [5.41, 5.74) is 0.994. The largest absolute Gasteiger partial charge is 0.505 e. The van der Waals surface area contributed by atoms with Crippen molar-refractivity contribution in [3.63, 3.8) is 0 Å². The van der Waals surface area contributed by atoms with Gasteiger partial charge in [0.15, 0.2) is 11.5 Å². The number of nitrogens with one attached hydrogen (secondary N) is 2. The Labute approximate surface area is 337 Å². The minimum absolute atomic E-state index is 0.0498. The lowest BCUT2D eigenvalue weighted by Gasteiger charge is -2.14. The number of azo groups is 2. The summed E-state index contributed by atoms with van der Waals surface area (Å²) in [6.45, 7) is 0. The van der Waals surface area contributed by atoms with E-state index in [9.17, 15) is 19.8 Å². The highest BCUT2D eigenvalue weighted by Gasteiger charge is 2.22. The number of hydrogen-bond acceptors (Lipinski definition) is 8. The Morgan fingerprint density at radius 3 is 1.44 bits per heavy atom. The van der Waals surface area contributed by atoms with E-state index in [0.29, 0.717) is 43.0 Å². The molecule has 0 fully saturated rings. The maximum absolute atomic E-state index is 13.6. The van der Waals surface area contributed by atoms with Gasteiger partial charge in [0.1, 0.15) is 22.7 Å². The summed E-state index contributed by atoms with van der Waals surface area (Å²) in [6, 6.07) is 30.9. The Bertz CT molecular complexity index is 2760. The molecular formula is C40H23Cl5N6O4. The summed E-state index contributed by atoms with van der Waals surface area (Å²) in [6.07, 6.45) is 0. The van der Waals surface area contributed by atoms with E-state index in [4.69, 9.17) is 58.0 Å². The normalized spacial score (nSPS) is 11.5. The number of hydrogen-bond donors (Lipinski definition) is 4. The van der Waals surface area contributed by atoms with Crippen LogP contribution in [0.4, 0.5) is 34.1 Å². The number of rotatable bonds is 8. The van der Waals surface area contributed by atoms with Crippen LogP contribution in [0.1, 0.15) is 20.7 Å². The summed E-state index contributed by atoms with van der Waals surface area (Å²) in [5.74, 6) is -2.19. The topological polar surface area (TPSA) is 148 Å². The molecule has 0 saturated carbocycles.